The standard InChI is InChI=1S/C21H30O22/c1-7(23)15(30)40-38-9(25)4-20(35,18(33)43-41-16(31)8(2)24)5-10(26)39-42-17(32)19(3,34)14-12(28)11(27)13(29)21(36,6-22)37-14/h7-8,11-14,22-24,27-29,34-36H,4-6H2,1-3H3/t7?,8?,11-,12+,13+,14?,19?,20?,21+/m1/s1. The molecule has 0 spiro atoms. The fraction of sp³-hybridized carbons (Fsp3) is 0.714. The van der Waals surface area contributed by atoms with Crippen LogP contribution in [0.25, 0.3) is 0 Å². The first kappa shape index (κ1) is 37.4. The number of carbonyl (C=O) groups is 6. The third kappa shape index (κ3) is 9.45. The van der Waals surface area contributed by atoms with E-state index < -0.39 is 109 Å². The van der Waals surface area contributed by atoms with Gasteiger partial charge in [0.2, 0.25) is 5.79 Å². The minimum absolute atomic E-state index is 0.550. The molecule has 1 fully saturated rings. The predicted octanol–water partition coefficient (Wildman–Crippen LogP) is -6.82. The Labute approximate surface area is 239 Å². The highest BCUT2D eigenvalue weighted by molar-refractivity contribution is 5.90. The van der Waals surface area contributed by atoms with Gasteiger partial charge in [-0.25, -0.2) is 58.1 Å². The van der Waals surface area contributed by atoms with Gasteiger partial charge in [0.25, 0.3) is 0 Å². The maximum absolute atomic E-state index is 12.4. The van der Waals surface area contributed by atoms with Crippen LogP contribution in [-0.4, -0.2) is 142 Å². The minimum atomic E-state index is -3.42. The summed E-state index contributed by atoms with van der Waals surface area (Å²) in [6, 6.07) is 0. The fourth-order valence-electron chi connectivity index (χ4n) is 2.98. The SMILES string of the molecule is CC(O)C(=O)OOC(=O)CC(O)(CC(=O)OOC(=O)C(C)(O)C1O[C@@](O)(CO)[C@@H](O)[C@H](O)[C@@H]1O)C(=O)OOC(=O)C(C)O. The molecule has 246 valence electrons. The van der Waals surface area contributed by atoms with Crippen LogP contribution in [0.15, 0.2) is 0 Å². The lowest BCUT2D eigenvalue weighted by molar-refractivity contribution is -0.374. The second-order valence-corrected chi connectivity index (χ2v) is 9.31. The highest BCUT2D eigenvalue weighted by atomic mass is 17.2. The monoisotopic (exact) mass is 634 g/mol. The number of hydrogen-bond donors (Lipinski definition) is 9. The summed E-state index contributed by atoms with van der Waals surface area (Å²) in [5.41, 5.74) is -6.55. The summed E-state index contributed by atoms with van der Waals surface area (Å²) >= 11 is 0. The number of ether oxygens (including phenoxy) is 1. The molecule has 0 bridgehead atoms. The summed E-state index contributed by atoms with van der Waals surface area (Å²) in [4.78, 5) is 95.4. The first-order chi connectivity index (χ1) is 19.6. The summed E-state index contributed by atoms with van der Waals surface area (Å²) in [5, 5.41) is 88.3. The molecule has 9 atom stereocenters. The molecule has 43 heavy (non-hydrogen) atoms. The number of rotatable bonds is 10. The molecule has 0 aromatic rings. The van der Waals surface area contributed by atoms with E-state index in [0.717, 1.165) is 13.8 Å². The molecular formula is C21H30O22. The third-order valence-electron chi connectivity index (χ3n) is 5.53. The Morgan fingerprint density at radius 1 is 0.767 bits per heavy atom. The van der Waals surface area contributed by atoms with Crippen molar-refractivity contribution in [2.24, 2.45) is 0 Å². The van der Waals surface area contributed by atoms with Crippen molar-refractivity contribution in [2.45, 2.75) is 87.2 Å². The first-order valence-electron chi connectivity index (χ1n) is 11.7. The van der Waals surface area contributed by atoms with Gasteiger partial charge < -0.3 is 50.7 Å². The van der Waals surface area contributed by atoms with Crippen molar-refractivity contribution in [3.05, 3.63) is 0 Å². The number of hydrogen-bond acceptors (Lipinski definition) is 22. The van der Waals surface area contributed by atoms with Crippen molar-refractivity contribution in [3.8, 4) is 0 Å². The van der Waals surface area contributed by atoms with Crippen LogP contribution in [0.1, 0.15) is 33.6 Å². The number of aliphatic hydroxyl groups excluding tert-OH is 6. The van der Waals surface area contributed by atoms with Crippen LogP contribution in [0.4, 0.5) is 0 Å². The highest BCUT2D eigenvalue weighted by Crippen LogP contribution is 2.34. The molecule has 0 aromatic heterocycles. The lowest BCUT2D eigenvalue weighted by atomic mass is 9.85. The van der Waals surface area contributed by atoms with E-state index in [0.29, 0.717) is 6.92 Å². The summed E-state index contributed by atoms with van der Waals surface area (Å²) < 4.78 is 4.77. The quantitative estimate of drug-likeness (QED) is 0.0796. The molecule has 9 N–H and O–H groups in total. The molecule has 1 saturated heterocycles. The van der Waals surface area contributed by atoms with Gasteiger partial charge >= 0.3 is 35.8 Å². The van der Waals surface area contributed by atoms with Gasteiger partial charge in [0.1, 0.15) is 24.4 Å². The third-order valence-corrected chi connectivity index (χ3v) is 5.53. The van der Waals surface area contributed by atoms with Crippen molar-refractivity contribution in [1.29, 1.82) is 0 Å². The molecular weight excluding hydrogens is 604 g/mol. The molecule has 0 amide bonds. The van der Waals surface area contributed by atoms with Crippen LogP contribution < -0.4 is 0 Å². The average molecular weight is 634 g/mol. The lowest BCUT2D eigenvalue weighted by Gasteiger charge is -2.47. The molecule has 0 aliphatic carbocycles. The van der Waals surface area contributed by atoms with Crippen LogP contribution in [0.5, 0.6) is 0 Å². The highest BCUT2D eigenvalue weighted by Gasteiger charge is 2.60. The van der Waals surface area contributed by atoms with Gasteiger partial charge in [0.05, 0.1) is 19.4 Å². The minimum Gasteiger partial charge on any atom is -0.391 e. The molecule has 0 saturated carbocycles. The first-order valence-corrected chi connectivity index (χ1v) is 11.7. The molecule has 22 heteroatoms. The Balaban J connectivity index is 3.03. The molecule has 1 heterocycles. The fourth-order valence-corrected chi connectivity index (χ4v) is 2.98. The van der Waals surface area contributed by atoms with E-state index in [1.165, 1.54) is 0 Å². The van der Waals surface area contributed by atoms with Gasteiger partial charge in [0, 0.05) is 0 Å². The van der Waals surface area contributed by atoms with Crippen molar-refractivity contribution in [1.82, 2.24) is 0 Å². The predicted molar refractivity (Wildman–Crippen MR) is 120 cm³/mol. The van der Waals surface area contributed by atoms with Crippen molar-refractivity contribution >= 4 is 35.8 Å². The summed E-state index contributed by atoms with van der Waals surface area (Å²) in [6.07, 6.45) is -16.3. The van der Waals surface area contributed by atoms with Crippen LogP contribution >= 0.6 is 0 Å². The van der Waals surface area contributed by atoms with E-state index >= 15 is 0 Å². The number of aliphatic hydroxyl groups is 9. The van der Waals surface area contributed by atoms with Crippen molar-refractivity contribution < 1.29 is 109 Å². The van der Waals surface area contributed by atoms with Gasteiger partial charge in [-0.2, -0.15) is 0 Å². The van der Waals surface area contributed by atoms with E-state index in [1.54, 1.807) is 0 Å². The summed E-state index contributed by atoms with van der Waals surface area (Å²) in [6.45, 7) is 0.931. The van der Waals surface area contributed by atoms with E-state index in [4.69, 9.17) is 14.9 Å². The Morgan fingerprint density at radius 2 is 1.19 bits per heavy atom. The van der Waals surface area contributed by atoms with Crippen LogP contribution in [0.2, 0.25) is 0 Å². The van der Waals surface area contributed by atoms with Crippen molar-refractivity contribution in [2.75, 3.05) is 6.61 Å². The Morgan fingerprint density at radius 3 is 1.63 bits per heavy atom. The van der Waals surface area contributed by atoms with Gasteiger partial charge in [-0.15, -0.1) is 0 Å². The Hall–Kier alpha value is -3.58. The second-order valence-electron chi connectivity index (χ2n) is 9.31. The topological polar surface area (TPSA) is 349 Å². The van der Waals surface area contributed by atoms with Gasteiger partial charge in [-0.1, -0.05) is 0 Å². The zero-order chi connectivity index (χ0) is 33.5. The van der Waals surface area contributed by atoms with Crippen molar-refractivity contribution in [3.63, 3.8) is 0 Å². The van der Waals surface area contributed by atoms with E-state index in [1.807, 2.05) is 0 Å². The van der Waals surface area contributed by atoms with E-state index in [9.17, 15) is 64.5 Å². The van der Waals surface area contributed by atoms with Gasteiger partial charge in [-0.05, 0) is 20.8 Å². The normalized spacial score (nSPS) is 27.6. The maximum atomic E-state index is 12.4. The van der Waals surface area contributed by atoms with Gasteiger partial charge in [0.15, 0.2) is 23.4 Å². The molecule has 1 rings (SSSR count). The lowest BCUT2D eigenvalue weighted by Crippen LogP contribution is -2.71. The average Bonchev–Trinajstić information content (AvgIpc) is 2.93. The molecule has 0 aromatic carbocycles. The zero-order valence-electron chi connectivity index (χ0n) is 22.4. The molecule has 1 aliphatic rings. The zero-order valence-corrected chi connectivity index (χ0v) is 22.4. The van der Waals surface area contributed by atoms with Crippen LogP contribution in [0, 0.1) is 0 Å². The summed E-state index contributed by atoms with van der Waals surface area (Å²) in [5.74, 6) is -13.9. The van der Waals surface area contributed by atoms with Crippen LogP contribution in [0.3, 0.4) is 0 Å². The van der Waals surface area contributed by atoms with E-state index in [2.05, 4.69) is 29.3 Å². The Kier molecular flexibility index (Phi) is 12.8. The second kappa shape index (κ2) is 14.7. The largest absolute Gasteiger partial charge is 0.391 e. The molecule has 5 unspecified atom stereocenters. The Bertz CT molecular complexity index is 1050. The van der Waals surface area contributed by atoms with E-state index in [-0.39, 0.29) is 0 Å². The molecule has 0 radical (unpaired) electrons. The smallest absolute Gasteiger partial charge is 0.389 e. The summed E-state index contributed by atoms with van der Waals surface area (Å²) in [7, 11) is 0. The maximum Gasteiger partial charge on any atom is 0.389 e. The van der Waals surface area contributed by atoms with Gasteiger partial charge in [-0.3, -0.25) is 0 Å². The molecule has 1 aliphatic heterocycles. The molecule has 22 nitrogen and oxygen atoms in total. The number of carbonyl (C=O) groups excluding carboxylic acids is 6. The van der Waals surface area contributed by atoms with Crippen LogP contribution in [-0.2, 0) is 62.8 Å².